The predicted molar refractivity (Wildman–Crippen MR) is 69.1 cm³/mol. The summed E-state index contributed by atoms with van der Waals surface area (Å²) < 4.78 is 11.5. The number of ether oxygens (including phenoxy) is 2. The molecule has 2 aliphatic carbocycles. The van der Waals surface area contributed by atoms with Crippen LogP contribution in [0.4, 0.5) is 0 Å². The highest BCUT2D eigenvalue weighted by atomic mass is 32.1. The van der Waals surface area contributed by atoms with E-state index in [1.807, 2.05) is 7.11 Å². The lowest BCUT2D eigenvalue weighted by molar-refractivity contribution is -0.0712. The third-order valence-electron chi connectivity index (χ3n) is 4.29. The molecule has 3 heteroatoms. The van der Waals surface area contributed by atoms with Gasteiger partial charge in [0, 0.05) is 12.5 Å². The molecule has 0 saturated heterocycles. The van der Waals surface area contributed by atoms with Crippen molar-refractivity contribution < 1.29 is 9.47 Å². The van der Waals surface area contributed by atoms with Gasteiger partial charge in [-0.15, -0.1) is 0 Å². The molecule has 0 N–H and O–H groups in total. The average molecular weight is 244 g/mol. The smallest absolute Gasteiger partial charge is 0.0600 e. The zero-order valence-electron chi connectivity index (χ0n) is 10.3. The van der Waals surface area contributed by atoms with Gasteiger partial charge in [-0.2, -0.15) is 12.6 Å². The highest BCUT2D eigenvalue weighted by Crippen LogP contribution is 2.42. The van der Waals surface area contributed by atoms with Crippen molar-refractivity contribution in [3.8, 4) is 0 Å². The van der Waals surface area contributed by atoms with E-state index in [0.29, 0.717) is 17.6 Å². The minimum atomic E-state index is 0.406. The molecule has 2 aliphatic rings. The van der Waals surface area contributed by atoms with Crippen LogP contribution >= 0.6 is 12.6 Å². The van der Waals surface area contributed by atoms with Crippen molar-refractivity contribution in [3.63, 3.8) is 0 Å². The molecular weight excluding hydrogens is 220 g/mol. The SMILES string of the molecule is COC1CCCC(OCC2(CS)CCC2)C1. The van der Waals surface area contributed by atoms with Crippen LogP contribution in [0.1, 0.15) is 44.9 Å². The Balaban J connectivity index is 1.72. The van der Waals surface area contributed by atoms with E-state index >= 15 is 0 Å². The second-order valence-corrected chi connectivity index (χ2v) is 5.79. The Labute approximate surface area is 104 Å². The first-order valence-corrected chi connectivity index (χ1v) is 7.16. The lowest BCUT2D eigenvalue weighted by Crippen LogP contribution is -2.39. The van der Waals surface area contributed by atoms with Gasteiger partial charge in [0.1, 0.15) is 0 Å². The molecule has 0 aromatic heterocycles. The second kappa shape index (κ2) is 5.74. The first-order valence-electron chi connectivity index (χ1n) is 6.53. The molecule has 2 rings (SSSR count). The molecule has 0 aromatic carbocycles. The van der Waals surface area contributed by atoms with Crippen LogP contribution in [0.5, 0.6) is 0 Å². The molecule has 2 atom stereocenters. The fourth-order valence-corrected chi connectivity index (χ4v) is 3.19. The Kier molecular flexibility index (Phi) is 4.57. The standard InChI is InChI=1S/C13H24O2S/c1-14-11-4-2-5-12(8-11)15-9-13(10-16)6-3-7-13/h11-12,16H,2-10H2,1H3. The van der Waals surface area contributed by atoms with E-state index in [4.69, 9.17) is 9.47 Å². The van der Waals surface area contributed by atoms with Gasteiger partial charge in [-0.25, -0.2) is 0 Å². The van der Waals surface area contributed by atoms with E-state index in [-0.39, 0.29) is 0 Å². The Morgan fingerprint density at radius 3 is 2.50 bits per heavy atom. The summed E-state index contributed by atoms with van der Waals surface area (Å²) in [6.45, 7) is 0.914. The summed E-state index contributed by atoms with van der Waals surface area (Å²) in [6.07, 6.45) is 9.55. The van der Waals surface area contributed by atoms with E-state index in [1.54, 1.807) is 0 Å². The molecule has 0 bridgehead atoms. The van der Waals surface area contributed by atoms with Crippen LogP contribution in [0.3, 0.4) is 0 Å². The maximum absolute atomic E-state index is 6.08. The van der Waals surface area contributed by atoms with Gasteiger partial charge >= 0.3 is 0 Å². The fourth-order valence-electron chi connectivity index (χ4n) is 2.79. The van der Waals surface area contributed by atoms with Crippen molar-refractivity contribution in [3.05, 3.63) is 0 Å². The highest BCUT2D eigenvalue weighted by Gasteiger charge is 2.37. The van der Waals surface area contributed by atoms with E-state index in [0.717, 1.165) is 18.8 Å². The summed E-state index contributed by atoms with van der Waals surface area (Å²) in [5, 5.41) is 0. The molecule has 0 radical (unpaired) electrons. The number of methoxy groups -OCH3 is 1. The van der Waals surface area contributed by atoms with E-state index < -0.39 is 0 Å². The Morgan fingerprint density at radius 1 is 1.19 bits per heavy atom. The van der Waals surface area contributed by atoms with Crippen molar-refractivity contribution in [2.45, 2.75) is 57.2 Å². The van der Waals surface area contributed by atoms with E-state index in [1.165, 1.54) is 38.5 Å². The third kappa shape index (κ3) is 2.93. The van der Waals surface area contributed by atoms with Crippen molar-refractivity contribution in [1.29, 1.82) is 0 Å². The minimum absolute atomic E-state index is 0.406. The van der Waals surface area contributed by atoms with Crippen molar-refractivity contribution >= 4 is 12.6 Å². The van der Waals surface area contributed by atoms with Gasteiger partial charge in [0.15, 0.2) is 0 Å². The summed E-state index contributed by atoms with van der Waals surface area (Å²) in [4.78, 5) is 0. The van der Waals surface area contributed by atoms with Gasteiger partial charge in [-0.1, -0.05) is 6.42 Å². The van der Waals surface area contributed by atoms with Crippen LogP contribution in [0.15, 0.2) is 0 Å². The summed E-state index contributed by atoms with van der Waals surface area (Å²) in [5.41, 5.74) is 0.406. The number of rotatable bonds is 5. The topological polar surface area (TPSA) is 18.5 Å². The average Bonchev–Trinajstić information content (AvgIpc) is 2.29. The molecule has 0 aromatic rings. The van der Waals surface area contributed by atoms with Gasteiger partial charge in [0.2, 0.25) is 0 Å². The largest absolute Gasteiger partial charge is 0.381 e. The summed E-state index contributed by atoms with van der Waals surface area (Å²) in [5.74, 6) is 0.980. The van der Waals surface area contributed by atoms with Gasteiger partial charge in [-0.3, -0.25) is 0 Å². The van der Waals surface area contributed by atoms with Crippen molar-refractivity contribution in [1.82, 2.24) is 0 Å². The normalized spacial score (nSPS) is 33.4. The second-order valence-electron chi connectivity index (χ2n) is 5.47. The Morgan fingerprint density at radius 2 is 1.94 bits per heavy atom. The summed E-state index contributed by atoms with van der Waals surface area (Å²) >= 11 is 4.46. The lowest BCUT2D eigenvalue weighted by atomic mass is 9.71. The van der Waals surface area contributed by atoms with Gasteiger partial charge in [0.05, 0.1) is 18.8 Å². The fraction of sp³-hybridized carbons (Fsp3) is 1.00. The van der Waals surface area contributed by atoms with Crippen molar-refractivity contribution in [2.75, 3.05) is 19.5 Å². The van der Waals surface area contributed by atoms with Crippen molar-refractivity contribution in [2.24, 2.45) is 5.41 Å². The van der Waals surface area contributed by atoms with Crippen LogP contribution in [-0.2, 0) is 9.47 Å². The van der Waals surface area contributed by atoms with Gasteiger partial charge < -0.3 is 9.47 Å². The molecule has 16 heavy (non-hydrogen) atoms. The predicted octanol–water partition coefficient (Wildman–Crippen LogP) is 3.06. The molecule has 0 aliphatic heterocycles. The first-order chi connectivity index (χ1) is 7.78. The molecule has 2 nitrogen and oxygen atoms in total. The summed E-state index contributed by atoms with van der Waals surface area (Å²) in [6, 6.07) is 0. The molecule has 0 heterocycles. The highest BCUT2D eigenvalue weighted by molar-refractivity contribution is 7.80. The molecule has 94 valence electrons. The Hall–Kier alpha value is 0.270. The molecule has 0 spiro atoms. The van der Waals surface area contributed by atoms with Gasteiger partial charge in [0.25, 0.3) is 0 Å². The number of hydrogen-bond acceptors (Lipinski definition) is 3. The van der Waals surface area contributed by atoms with Crippen LogP contribution in [0, 0.1) is 5.41 Å². The number of hydrogen-bond donors (Lipinski definition) is 1. The van der Waals surface area contributed by atoms with Crippen LogP contribution < -0.4 is 0 Å². The molecule has 2 fully saturated rings. The minimum Gasteiger partial charge on any atom is -0.381 e. The monoisotopic (exact) mass is 244 g/mol. The first kappa shape index (κ1) is 12.7. The van der Waals surface area contributed by atoms with E-state index in [2.05, 4.69) is 12.6 Å². The summed E-state index contributed by atoms with van der Waals surface area (Å²) in [7, 11) is 1.81. The molecule has 0 amide bonds. The van der Waals surface area contributed by atoms with Crippen LogP contribution in [-0.4, -0.2) is 31.7 Å². The maximum Gasteiger partial charge on any atom is 0.0600 e. The quantitative estimate of drug-likeness (QED) is 0.749. The Bertz CT molecular complexity index is 210. The van der Waals surface area contributed by atoms with Gasteiger partial charge in [-0.05, 0) is 44.3 Å². The third-order valence-corrected chi connectivity index (χ3v) is 4.96. The van der Waals surface area contributed by atoms with Crippen LogP contribution in [0.25, 0.3) is 0 Å². The molecular formula is C13H24O2S. The molecule has 2 unspecified atom stereocenters. The number of thiol groups is 1. The molecule has 2 saturated carbocycles. The van der Waals surface area contributed by atoms with Crippen LogP contribution in [0.2, 0.25) is 0 Å². The van der Waals surface area contributed by atoms with E-state index in [9.17, 15) is 0 Å². The lowest BCUT2D eigenvalue weighted by Gasteiger charge is -2.42. The maximum atomic E-state index is 6.08. The zero-order valence-corrected chi connectivity index (χ0v) is 11.2. The zero-order chi connectivity index (χ0) is 11.4.